The summed E-state index contributed by atoms with van der Waals surface area (Å²) in [5, 5.41) is 0. The van der Waals surface area contributed by atoms with Gasteiger partial charge in [0.15, 0.2) is 0 Å². The summed E-state index contributed by atoms with van der Waals surface area (Å²) in [6.45, 7) is 6.10. The SMILES string of the molecule is C[C@@H]1COCN(c2ccccc2)[C@@H]1C. The minimum absolute atomic E-state index is 0.561. The maximum absolute atomic E-state index is 5.55. The molecule has 0 radical (unpaired) electrons. The quantitative estimate of drug-likeness (QED) is 0.676. The van der Waals surface area contributed by atoms with E-state index in [9.17, 15) is 0 Å². The van der Waals surface area contributed by atoms with Gasteiger partial charge in [0.1, 0.15) is 6.73 Å². The van der Waals surface area contributed by atoms with Crippen LogP contribution < -0.4 is 4.90 Å². The lowest BCUT2D eigenvalue weighted by atomic mass is 10.0. The molecule has 2 heteroatoms. The Hall–Kier alpha value is -1.02. The third-order valence-electron chi connectivity index (χ3n) is 3.01. The van der Waals surface area contributed by atoms with Crippen molar-refractivity contribution in [1.29, 1.82) is 0 Å². The Labute approximate surface area is 85.5 Å². The van der Waals surface area contributed by atoms with Gasteiger partial charge in [-0.15, -0.1) is 0 Å². The molecule has 1 aromatic rings. The molecule has 0 N–H and O–H groups in total. The van der Waals surface area contributed by atoms with Gasteiger partial charge in [0.05, 0.1) is 6.61 Å². The molecule has 0 spiro atoms. The van der Waals surface area contributed by atoms with Crippen LogP contribution >= 0.6 is 0 Å². The summed E-state index contributed by atoms with van der Waals surface area (Å²) in [7, 11) is 0. The molecule has 2 atom stereocenters. The van der Waals surface area contributed by atoms with E-state index in [2.05, 4.69) is 43.0 Å². The molecule has 1 heterocycles. The fraction of sp³-hybridized carbons (Fsp3) is 0.500. The summed E-state index contributed by atoms with van der Waals surface area (Å²) in [5.74, 6) is 0.601. The van der Waals surface area contributed by atoms with Crippen LogP contribution in [0.5, 0.6) is 0 Å². The van der Waals surface area contributed by atoms with Crippen LogP contribution in [-0.2, 0) is 4.74 Å². The molecule has 0 unspecified atom stereocenters. The number of para-hydroxylation sites is 1. The predicted molar refractivity (Wildman–Crippen MR) is 58.4 cm³/mol. The Bertz CT molecular complexity index is 286. The monoisotopic (exact) mass is 191 g/mol. The fourth-order valence-corrected chi connectivity index (χ4v) is 1.83. The number of ether oxygens (including phenoxy) is 1. The van der Waals surface area contributed by atoms with Gasteiger partial charge in [-0.25, -0.2) is 0 Å². The van der Waals surface area contributed by atoms with Crippen molar-refractivity contribution in [2.75, 3.05) is 18.2 Å². The second kappa shape index (κ2) is 4.01. The number of benzene rings is 1. The first-order valence-corrected chi connectivity index (χ1v) is 5.18. The molecular formula is C12H17NO. The fourth-order valence-electron chi connectivity index (χ4n) is 1.83. The highest BCUT2D eigenvalue weighted by molar-refractivity contribution is 5.46. The maximum Gasteiger partial charge on any atom is 0.119 e. The topological polar surface area (TPSA) is 12.5 Å². The van der Waals surface area contributed by atoms with Gasteiger partial charge >= 0.3 is 0 Å². The molecule has 1 aliphatic rings. The highest BCUT2D eigenvalue weighted by Crippen LogP contribution is 2.23. The molecule has 1 fully saturated rings. The van der Waals surface area contributed by atoms with Gasteiger partial charge in [0, 0.05) is 11.7 Å². The van der Waals surface area contributed by atoms with Gasteiger partial charge in [-0.2, -0.15) is 0 Å². The van der Waals surface area contributed by atoms with Crippen molar-refractivity contribution in [2.45, 2.75) is 19.9 Å². The minimum Gasteiger partial charge on any atom is -0.361 e. The van der Waals surface area contributed by atoms with Crippen LogP contribution in [0, 0.1) is 5.92 Å². The Balaban J connectivity index is 2.17. The normalized spacial score (nSPS) is 27.7. The first-order valence-electron chi connectivity index (χ1n) is 5.18. The lowest BCUT2D eigenvalue weighted by Gasteiger charge is -2.39. The number of nitrogens with zero attached hydrogens (tertiary/aromatic N) is 1. The molecule has 76 valence electrons. The third kappa shape index (κ3) is 1.75. The molecule has 2 rings (SSSR count). The number of anilines is 1. The number of hydrogen-bond donors (Lipinski definition) is 0. The van der Waals surface area contributed by atoms with Crippen LogP contribution in [0.15, 0.2) is 30.3 Å². The Kier molecular flexibility index (Phi) is 2.73. The van der Waals surface area contributed by atoms with Crippen LogP contribution in [0.4, 0.5) is 5.69 Å². The van der Waals surface area contributed by atoms with E-state index in [0.717, 1.165) is 13.3 Å². The van der Waals surface area contributed by atoms with Crippen LogP contribution in [0.3, 0.4) is 0 Å². The zero-order valence-corrected chi connectivity index (χ0v) is 8.81. The van der Waals surface area contributed by atoms with Crippen LogP contribution in [0.1, 0.15) is 13.8 Å². The summed E-state index contributed by atoms with van der Waals surface area (Å²) in [4.78, 5) is 2.31. The van der Waals surface area contributed by atoms with Crippen molar-refractivity contribution < 1.29 is 4.74 Å². The predicted octanol–water partition coefficient (Wildman–Crippen LogP) is 2.51. The highest BCUT2D eigenvalue weighted by atomic mass is 16.5. The lowest BCUT2D eigenvalue weighted by Crippen LogP contribution is -2.45. The molecule has 0 amide bonds. The van der Waals surface area contributed by atoms with E-state index < -0.39 is 0 Å². The smallest absolute Gasteiger partial charge is 0.119 e. The maximum atomic E-state index is 5.55. The van der Waals surface area contributed by atoms with Crippen molar-refractivity contribution in [3.8, 4) is 0 Å². The number of rotatable bonds is 1. The van der Waals surface area contributed by atoms with Crippen molar-refractivity contribution in [2.24, 2.45) is 5.92 Å². The third-order valence-corrected chi connectivity index (χ3v) is 3.01. The average Bonchev–Trinajstić information content (AvgIpc) is 2.23. The Morgan fingerprint density at radius 3 is 2.64 bits per heavy atom. The first kappa shape index (κ1) is 9.53. The molecule has 0 aliphatic carbocycles. The molecule has 2 nitrogen and oxygen atoms in total. The Morgan fingerprint density at radius 1 is 1.21 bits per heavy atom. The summed E-state index contributed by atoms with van der Waals surface area (Å²) < 4.78 is 5.55. The highest BCUT2D eigenvalue weighted by Gasteiger charge is 2.24. The van der Waals surface area contributed by atoms with Crippen LogP contribution in [-0.4, -0.2) is 19.4 Å². The van der Waals surface area contributed by atoms with E-state index >= 15 is 0 Å². The van der Waals surface area contributed by atoms with E-state index in [1.165, 1.54) is 5.69 Å². The van der Waals surface area contributed by atoms with Crippen molar-refractivity contribution in [3.63, 3.8) is 0 Å². The summed E-state index contributed by atoms with van der Waals surface area (Å²) in [5.41, 5.74) is 1.26. The molecule has 1 aliphatic heterocycles. The molecule has 0 aromatic heterocycles. The molecule has 14 heavy (non-hydrogen) atoms. The second-order valence-corrected chi connectivity index (χ2v) is 4.02. The van der Waals surface area contributed by atoms with Gasteiger partial charge in [0.25, 0.3) is 0 Å². The zero-order chi connectivity index (χ0) is 9.97. The summed E-state index contributed by atoms with van der Waals surface area (Å²) in [6, 6.07) is 11.0. The molecular weight excluding hydrogens is 174 g/mol. The lowest BCUT2D eigenvalue weighted by molar-refractivity contribution is 0.0539. The van der Waals surface area contributed by atoms with Gasteiger partial charge in [-0.3, -0.25) is 0 Å². The molecule has 1 aromatic carbocycles. The van der Waals surface area contributed by atoms with E-state index in [1.54, 1.807) is 0 Å². The van der Waals surface area contributed by atoms with Crippen LogP contribution in [0.25, 0.3) is 0 Å². The number of hydrogen-bond acceptors (Lipinski definition) is 2. The zero-order valence-electron chi connectivity index (χ0n) is 8.81. The van der Waals surface area contributed by atoms with E-state index in [-0.39, 0.29) is 0 Å². The van der Waals surface area contributed by atoms with Crippen molar-refractivity contribution in [1.82, 2.24) is 0 Å². The van der Waals surface area contributed by atoms with E-state index in [1.807, 2.05) is 6.07 Å². The first-order chi connectivity index (χ1) is 6.79. The van der Waals surface area contributed by atoms with Gasteiger partial charge in [0.2, 0.25) is 0 Å². The standard InChI is InChI=1S/C12H17NO/c1-10-8-14-9-13(11(10)2)12-6-4-3-5-7-12/h3-7,10-11H,8-9H2,1-2H3/t10-,11-/m1/s1. The van der Waals surface area contributed by atoms with E-state index in [0.29, 0.717) is 12.0 Å². The average molecular weight is 191 g/mol. The Morgan fingerprint density at radius 2 is 1.93 bits per heavy atom. The molecule has 0 bridgehead atoms. The van der Waals surface area contributed by atoms with Crippen LogP contribution in [0.2, 0.25) is 0 Å². The van der Waals surface area contributed by atoms with Gasteiger partial charge in [-0.1, -0.05) is 25.1 Å². The second-order valence-electron chi connectivity index (χ2n) is 4.02. The van der Waals surface area contributed by atoms with Gasteiger partial charge in [-0.05, 0) is 25.0 Å². The molecule has 1 saturated heterocycles. The van der Waals surface area contributed by atoms with Gasteiger partial charge < -0.3 is 9.64 Å². The van der Waals surface area contributed by atoms with Crippen molar-refractivity contribution in [3.05, 3.63) is 30.3 Å². The summed E-state index contributed by atoms with van der Waals surface area (Å²) >= 11 is 0. The molecule has 0 saturated carbocycles. The van der Waals surface area contributed by atoms with Crippen molar-refractivity contribution >= 4 is 5.69 Å². The summed E-state index contributed by atoms with van der Waals surface area (Å²) in [6.07, 6.45) is 0. The largest absolute Gasteiger partial charge is 0.361 e. The van der Waals surface area contributed by atoms with E-state index in [4.69, 9.17) is 4.74 Å². The minimum atomic E-state index is 0.561.